The molecule has 4 aliphatic rings. The molecule has 1 N–H and O–H groups in total. The number of carbonyl (C=O) groups is 3. The van der Waals surface area contributed by atoms with Gasteiger partial charge in [0.05, 0.1) is 46.5 Å². The lowest BCUT2D eigenvalue weighted by atomic mass is 9.78. The van der Waals surface area contributed by atoms with Gasteiger partial charge < -0.3 is 19.6 Å². The van der Waals surface area contributed by atoms with Gasteiger partial charge in [0, 0.05) is 11.8 Å². The van der Waals surface area contributed by atoms with E-state index in [1.807, 2.05) is 50.3 Å². The second kappa shape index (κ2) is 9.30. The highest BCUT2D eigenvalue weighted by Crippen LogP contribution is 2.61. The number of carbonyl (C=O) groups excluding carboxylic acids is 3. The van der Waals surface area contributed by atoms with E-state index in [-0.39, 0.29) is 30.3 Å². The molecule has 1 aromatic rings. The largest absolute Gasteiger partial charge is 0.465 e. The van der Waals surface area contributed by atoms with Crippen LogP contribution in [0, 0.1) is 18.8 Å². The van der Waals surface area contributed by atoms with Crippen molar-refractivity contribution in [1.29, 1.82) is 0 Å². The van der Waals surface area contributed by atoms with Crippen LogP contribution >= 0.6 is 23.4 Å². The number of para-hydroxylation sites is 1. The summed E-state index contributed by atoms with van der Waals surface area (Å²) in [5.74, 6) is -2.39. The summed E-state index contributed by atoms with van der Waals surface area (Å²) in [6.07, 6.45) is 8.92. The number of hydrogen-bond donors (Lipinski definition) is 1. The molecule has 6 atom stereocenters. The van der Waals surface area contributed by atoms with E-state index in [4.69, 9.17) is 16.3 Å². The van der Waals surface area contributed by atoms with E-state index in [0.717, 1.165) is 5.56 Å². The average molecular weight is 517 g/mol. The first-order valence-corrected chi connectivity index (χ1v) is 13.3. The molecule has 1 aromatic carbocycles. The molecule has 2 fully saturated rings. The average Bonchev–Trinajstić information content (AvgIpc) is 3.20. The number of esters is 1. The Labute approximate surface area is 214 Å². The van der Waals surface area contributed by atoms with E-state index in [9.17, 15) is 19.5 Å². The quantitative estimate of drug-likeness (QED) is 0.489. The highest BCUT2D eigenvalue weighted by atomic mass is 35.5. The number of thioether (sulfide) groups is 1. The van der Waals surface area contributed by atoms with Gasteiger partial charge in [-0.3, -0.25) is 14.4 Å². The van der Waals surface area contributed by atoms with Crippen LogP contribution < -0.4 is 4.90 Å². The Morgan fingerprint density at radius 3 is 2.77 bits per heavy atom. The Morgan fingerprint density at radius 2 is 2.06 bits per heavy atom. The fourth-order valence-electron chi connectivity index (χ4n) is 6.02. The number of ether oxygens (including phenoxy) is 1. The van der Waals surface area contributed by atoms with E-state index in [2.05, 4.69) is 0 Å². The number of aliphatic hydroxyl groups excluding tert-OH is 1. The molecule has 0 radical (unpaired) electrons. The third-order valence-corrected chi connectivity index (χ3v) is 9.64. The Balaban J connectivity index is 1.68. The number of halogens is 1. The molecule has 0 aliphatic carbocycles. The van der Waals surface area contributed by atoms with Crippen LogP contribution in [0.4, 0.5) is 5.69 Å². The summed E-state index contributed by atoms with van der Waals surface area (Å²) >= 11 is 8.05. The van der Waals surface area contributed by atoms with E-state index in [0.29, 0.717) is 30.1 Å². The van der Waals surface area contributed by atoms with Crippen molar-refractivity contribution < 1.29 is 24.2 Å². The van der Waals surface area contributed by atoms with Gasteiger partial charge in [-0.15, -0.1) is 11.8 Å². The molecule has 0 saturated carbocycles. The summed E-state index contributed by atoms with van der Waals surface area (Å²) in [5.41, 5.74) is 1.46. The topological polar surface area (TPSA) is 87.2 Å². The number of nitrogens with zero attached hydrogens (tertiary/aromatic N) is 2. The SMILES string of the molecule is CC[C@@H](CO)N1C(=O)[C@@H]2[C@@H]3C(=O)OCCC=C[C@@H]3S[C@@]23C=CCN(c2c(C)cccc2Cl)C(=O)C13. The van der Waals surface area contributed by atoms with Gasteiger partial charge in [0.25, 0.3) is 5.91 Å². The van der Waals surface area contributed by atoms with Crippen LogP contribution in [-0.2, 0) is 19.1 Å². The maximum atomic E-state index is 14.4. The third kappa shape index (κ3) is 3.64. The number of anilines is 1. The van der Waals surface area contributed by atoms with Gasteiger partial charge in [-0.25, -0.2) is 0 Å². The summed E-state index contributed by atoms with van der Waals surface area (Å²) in [6, 6.07) is 4.05. The molecule has 2 saturated heterocycles. The first-order chi connectivity index (χ1) is 16.9. The van der Waals surface area contributed by atoms with Gasteiger partial charge in [0.15, 0.2) is 0 Å². The highest BCUT2D eigenvalue weighted by molar-refractivity contribution is 8.02. The number of rotatable bonds is 4. The van der Waals surface area contributed by atoms with Crippen LogP contribution in [0.2, 0.25) is 5.02 Å². The van der Waals surface area contributed by atoms with Crippen molar-refractivity contribution in [3.05, 3.63) is 53.1 Å². The zero-order valence-corrected chi connectivity index (χ0v) is 21.3. The van der Waals surface area contributed by atoms with Gasteiger partial charge in [-0.2, -0.15) is 0 Å². The highest BCUT2D eigenvalue weighted by Gasteiger charge is 2.71. The smallest absolute Gasteiger partial charge is 0.311 e. The summed E-state index contributed by atoms with van der Waals surface area (Å²) in [4.78, 5) is 44.8. The number of aryl methyl sites for hydroxylation is 1. The Hall–Kier alpha value is -2.29. The molecule has 2 amide bonds. The van der Waals surface area contributed by atoms with Gasteiger partial charge >= 0.3 is 5.97 Å². The summed E-state index contributed by atoms with van der Waals surface area (Å²) in [6.45, 7) is 4.07. The van der Waals surface area contributed by atoms with Crippen molar-refractivity contribution in [3.63, 3.8) is 0 Å². The Kier molecular flexibility index (Phi) is 6.48. The lowest BCUT2D eigenvalue weighted by Crippen LogP contribution is -2.56. The van der Waals surface area contributed by atoms with Crippen molar-refractivity contribution in [2.24, 2.45) is 11.8 Å². The first kappa shape index (κ1) is 24.4. The molecule has 7 nitrogen and oxygen atoms in total. The Bertz CT molecular complexity index is 1100. The summed E-state index contributed by atoms with van der Waals surface area (Å²) in [7, 11) is 0. The van der Waals surface area contributed by atoms with Crippen LogP contribution in [-0.4, -0.2) is 69.6 Å². The minimum Gasteiger partial charge on any atom is -0.465 e. The molecular weight excluding hydrogens is 488 g/mol. The van der Waals surface area contributed by atoms with Crippen molar-refractivity contribution >= 4 is 46.8 Å². The third-order valence-electron chi connectivity index (χ3n) is 7.59. The van der Waals surface area contributed by atoms with Crippen LogP contribution in [0.15, 0.2) is 42.5 Å². The standard InChI is InChI=1S/C26H29ClN2O5S/c1-3-16(14-30)29-22-24(32)28(21-15(2)8-6-9-17(21)27)12-7-11-26(22)20(23(29)31)19-18(35-26)10-4-5-13-34-25(19)33/h4,6-11,16,18-20,22,30H,3,5,12-14H2,1-2H3/t16-,18-,19+,20-,22?,26-/m0/s1. The molecule has 0 bridgehead atoms. The van der Waals surface area contributed by atoms with Crippen molar-refractivity contribution in [2.45, 2.75) is 48.8 Å². The van der Waals surface area contributed by atoms with E-state index in [1.54, 1.807) is 15.9 Å². The zero-order valence-electron chi connectivity index (χ0n) is 19.7. The Morgan fingerprint density at radius 1 is 1.26 bits per heavy atom. The van der Waals surface area contributed by atoms with E-state index >= 15 is 0 Å². The number of aliphatic hydroxyl groups is 1. The van der Waals surface area contributed by atoms with Gasteiger partial charge in [0.1, 0.15) is 6.04 Å². The normalized spacial score (nSPS) is 33.0. The number of hydrogen-bond acceptors (Lipinski definition) is 6. The lowest BCUT2D eigenvalue weighted by molar-refractivity contribution is -0.153. The minimum absolute atomic E-state index is 0.256. The number of fused-ring (bicyclic) bond motifs is 2. The molecule has 5 rings (SSSR count). The molecule has 9 heteroatoms. The lowest BCUT2D eigenvalue weighted by Gasteiger charge is -2.38. The minimum atomic E-state index is -0.955. The predicted octanol–water partition coefficient (Wildman–Crippen LogP) is 3.12. The van der Waals surface area contributed by atoms with E-state index in [1.165, 1.54) is 11.8 Å². The second-order valence-corrected chi connectivity index (χ2v) is 11.4. The van der Waals surface area contributed by atoms with Crippen LogP contribution in [0.3, 0.4) is 0 Å². The van der Waals surface area contributed by atoms with Crippen LogP contribution in [0.1, 0.15) is 25.3 Å². The maximum absolute atomic E-state index is 14.4. The number of benzene rings is 1. The predicted molar refractivity (Wildman–Crippen MR) is 135 cm³/mol. The summed E-state index contributed by atoms with van der Waals surface area (Å²) < 4.78 is 4.54. The molecule has 4 heterocycles. The van der Waals surface area contributed by atoms with E-state index < -0.39 is 34.6 Å². The molecule has 1 spiro atoms. The maximum Gasteiger partial charge on any atom is 0.311 e. The monoisotopic (exact) mass is 516 g/mol. The van der Waals surface area contributed by atoms with Gasteiger partial charge in [-0.1, -0.05) is 55.0 Å². The van der Waals surface area contributed by atoms with Crippen molar-refractivity contribution in [3.8, 4) is 0 Å². The van der Waals surface area contributed by atoms with Crippen molar-refractivity contribution in [2.75, 3.05) is 24.7 Å². The number of likely N-dealkylation sites (tertiary alicyclic amines) is 1. The molecular formula is C26H29ClN2O5S. The number of cyclic esters (lactones) is 1. The zero-order chi connectivity index (χ0) is 24.9. The molecule has 1 unspecified atom stereocenters. The molecule has 35 heavy (non-hydrogen) atoms. The number of amides is 2. The molecule has 0 aromatic heterocycles. The fourth-order valence-corrected chi connectivity index (χ4v) is 8.33. The van der Waals surface area contributed by atoms with Crippen molar-refractivity contribution in [1.82, 2.24) is 4.90 Å². The molecule has 186 valence electrons. The van der Waals surface area contributed by atoms with Crippen LogP contribution in [0.25, 0.3) is 0 Å². The van der Waals surface area contributed by atoms with Gasteiger partial charge in [-0.05, 0) is 31.4 Å². The van der Waals surface area contributed by atoms with Crippen LogP contribution in [0.5, 0.6) is 0 Å². The second-order valence-electron chi connectivity index (χ2n) is 9.47. The fraction of sp³-hybridized carbons (Fsp3) is 0.500. The van der Waals surface area contributed by atoms with Gasteiger partial charge in [0.2, 0.25) is 5.91 Å². The first-order valence-electron chi connectivity index (χ1n) is 12.0. The molecule has 4 aliphatic heterocycles. The summed E-state index contributed by atoms with van der Waals surface area (Å²) in [5, 5.41) is 10.4.